The van der Waals surface area contributed by atoms with Gasteiger partial charge >= 0.3 is 0 Å². The summed E-state index contributed by atoms with van der Waals surface area (Å²) in [6, 6.07) is 4.08. The largest absolute Gasteiger partial charge is 0.316 e. The van der Waals surface area contributed by atoms with Gasteiger partial charge in [-0.2, -0.15) is 5.10 Å². The zero-order valence-corrected chi connectivity index (χ0v) is 10.5. The lowest BCUT2D eigenvalue weighted by atomic mass is 9.96. The van der Waals surface area contributed by atoms with Gasteiger partial charge in [0.15, 0.2) is 5.82 Å². The maximum Gasteiger partial charge on any atom is 0.191 e. The van der Waals surface area contributed by atoms with Gasteiger partial charge in [-0.1, -0.05) is 6.07 Å². The Morgan fingerprint density at radius 1 is 1.47 bits per heavy atom. The predicted molar refractivity (Wildman–Crippen MR) is 69.0 cm³/mol. The van der Waals surface area contributed by atoms with Crippen molar-refractivity contribution in [1.82, 2.24) is 20.5 Å². The average Bonchev–Trinajstić information content (AvgIpc) is 3.00. The molecule has 0 spiro atoms. The molecule has 90 valence electrons. The molecule has 1 unspecified atom stereocenters. The summed E-state index contributed by atoms with van der Waals surface area (Å²) in [6.07, 6.45) is 3.57. The molecule has 1 aliphatic heterocycles. The second-order valence-electron chi connectivity index (χ2n) is 4.50. The van der Waals surface area contributed by atoms with Crippen molar-refractivity contribution in [3.8, 4) is 10.7 Å². The summed E-state index contributed by atoms with van der Waals surface area (Å²) in [5, 5.41) is 12.8. The smallest absolute Gasteiger partial charge is 0.191 e. The molecular weight excluding hydrogens is 232 g/mol. The number of rotatable bonds is 3. The van der Waals surface area contributed by atoms with E-state index >= 15 is 0 Å². The minimum absolute atomic E-state index is 0.702. The van der Waals surface area contributed by atoms with Gasteiger partial charge in [0, 0.05) is 6.42 Å². The van der Waals surface area contributed by atoms with E-state index in [1.165, 1.54) is 12.8 Å². The van der Waals surface area contributed by atoms with Gasteiger partial charge in [-0.3, -0.25) is 5.10 Å². The lowest BCUT2D eigenvalue weighted by molar-refractivity contribution is 0.371. The Hall–Kier alpha value is -1.20. The number of hydrogen-bond acceptors (Lipinski definition) is 4. The van der Waals surface area contributed by atoms with Crippen LogP contribution in [0.1, 0.15) is 18.7 Å². The van der Waals surface area contributed by atoms with Crippen LogP contribution >= 0.6 is 11.3 Å². The van der Waals surface area contributed by atoms with E-state index in [0.717, 1.165) is 36.0 Å². The van der Waals surface area contributed by atoms with Crippen LogP contribution in [0, 0.1) is 5.92 Å². The summed E-state index contributed by atoms with van der Waals surface area (Å²) < 4.78 is 0. The Morgan fingerprint density at radius 2 is 2.47 bits per heavy atom. The molecule has 2 aromatic rings. The van der Waals surface area contributed by atoms with Crippen molar-refractivity contribution in [2.24, 2.45) is 5.92 Å². The Bertz CT molecular complexity index is 457. The molecule has 4 nitrogen and oxygen atoms in total. The van der Waals surface area contributed by atoms with Crippen molar-refractivity contribution in [3.63, 3.8) is 0 Å². The summed E-state index contributed by atoms with van der Waals surface area (Å²) in [6.45, 7) is 2.27. The minimum Gasteiger partial charge on any atom is -0.316 e. The van der Waals surface area contributed by atoms with Gasteiger partial charge in [-0.25, -0.2) is 4.98 Å². The number of nitrogens with zero attached hydrogens (tertiary/aromatic N) is 2. The fourth-order valence-electron chi connectivity index (χ4n) is 2.27. The van der Waals surface area contributed by atoms with Crippen molar-refractivity contribution in [2.75, 3.05) is 13.1 Å². The van der Waals surface area contributed by atoms with Crippen molar-refractivity contribution in [3.05, 3.63) is 23.3 Å². The molecule has 3 rings (SSSR count). The van der Waals surface area contributed by atoms with E-state index in [4.69, 9.17) is 0 Å². The summed E-state index contributed by atoms with van der Waals surface area (Å²) in [5.74, 6) is 2.55. The van der Waals surface area contributed by atoms with Crippen molar-refractivity contribution >= 4 is 11.3 Å². The molecule has 1 aliphatic rings. The Balaban J connectivity index is 1.68. The van der Waals surface area contributed by atoms with E-state index < -0.39 is 0 Å². The third-order valence-corrected chi connectivity index (χ3v) is 4.02. The second-order valence-corrected chi connectivity index (χ2v) is 5.45. The first-order valence-electron chi connectivity index (χ1n) is 6.08. The van der Waals surface area contributed by atoms with Gasteiger partial charge in [0.05, 0.1) is 4.88 Å². The topological polar surface area (TPSA) is 53.6 Å². The number of piperidine rings is 1. The zero-order valence-electron chi connectivity index (χ0n) is 9.65. The monoisotopic (exact) mass is 248 g/mol. The third kappa shape index (κ3) is 2.56. The van der Waals surface area contributed by atoms with E-state index in [1.807, 2.05) is 6.07 Å². The molecule has 1 saturated heterocycles. The molecule has 0 aromatic carbocycles. The van der Waals surface area contributed by atoms with Gasteiger partial charge in [0.2, 0.25) is 0 Å². The molecule has 0 radical (unpaired) electrons. The molecule has 17 heavy (non-hydrogen) atoms. The normalized spacial score (nSPS) is 20.6. The van der Waals surface area contributed by atoms with Gasteiger partial charge in [-0.05, 0) is 43.3 Å². The standard InChI is InChI=1S/C12H16N4S/c1-3-9(8-13-5-1)7-11-14-12(16-15-11)10-4-2-6-17-10/h2,4,6,9,13H,1,3,5,7-8H2,(H,14,15,16). The van der Waals surface area contributed by atoms with Crippen LogP contribution in [0.5, 0.6) is 0 Å². The van der Waals surface area contributed by atoms with Crippen molar-refractivity contribution < 1.29 is 0 Å². The Morgan fingerprint density at radius 3 is 3.24 bits per heavy atom. The van der Waals surface area contributed by atoms with Gasteiger partial charge < -0.3 is 5.32 Å². The number of H-pyrrole nitrogens is 1. The summed E-state index contributed by atoms with van der Waals surface area (Å²) >= 11 is 1.68. The Kier molecular flexibility index (Phi) is 3.20. The van der Waals surface area contributed by atoms with Gasteiger partial charge in [0.25, 0.3) is 0 Å². The summed E-state index contributed by atoms with van der Waals surface area (Å²) in [4.78, 5) is 5.70. The third-order valence-electron chi connectivity index (χ3n) is 3.15. The molecule has 0 aliphatic carbocycles. The van der Waals surface area contributed by atoms with Crippen LogP contribution in [-0.4, -0.2) is 28.3 Å². The van der Waals surface area contributed by atoms with E-state index in [1.54, 1.807) is 11.3 Å². The molecule has 1 atom stereocenters. The quantitative estimate of drug-likeness (QED) is 0.874. The highest BCUT2D eigenvalue weighted by atomic mass is 32.1. The number of hydrogen-bond donors (Lipinski definition) is 2. The minimum atomic E-state index is 0.702. The highest BCUT2D eigenvalue weighted by Crippen LogP contribution is 2.21. The second kappa shape index (κ2) is 4.98. The molecule has 0 bridgehead atoms. The number of nitrogens with one attached hydrogen (secondary N) is 2. The maximum atomic E-state index is 4.56. The lowest BCUT2D eigenvalue weighted by Crippen LogP contribution is -2.31. The first-order valence-corrected chi connectivity index (χ1v) is 6.95. The molecule has 5 heteroatoms. The highest BCUT2D eigenvalue weighted by molar-refractivity contribution is 7.13. The van der Waals surface area contributed by atoms with Crippen LogP contribution in [0.15, 0.2) is 17.5 Å². The van der Waals surface area contributed by atoms with Crippen LogP contribution in [-0.2, 0) is 6.42 Å². The van der Waals surface area contributed by atoms with E-state index in [9.17, 15) is 0 Å². The maximum absolute atomic E-state index is 4.56. The molecule has 0 amide bonds. The van der Waals surface area contributed by atoms with E-state index in [2.05, 4.69) is 31.9 Å². The van der Waals surface area contributed by atoms with Gasteiger partial charge in [-0.15, -0.1) is 11.3 Å². The number of thiophene rings is 1. The molecule has 0 saturated carbocycles. The molecule has 2 N–H and O–H groups in total. The van der Waals surface area contributed by atoms with Crippen molar-refractivity contribution in [2.45, 2.75) is 19.3 Å². The first-order chi connectivity index (χ1) is 8.42. The summed E-state index contributed by atoms with van der Waals surface area (Å²) in [5.41, 5.74) is 0. The fourth-order valence-corrected chi connectivity index (χ4v) is 2.93. The SMILES string of the molecule is c1csc(-c2n[nH]c(CC3CCCNC3)n2)c1. The average molecular weight is 248 g/mol. The zero-order chi connectivity index (χ0) is 11.5. The Labute approximate surface area is 104 Å². The van der Waals surface area contributed by atoms with E-state index in [-0.39, 0.29) is 0 Å². The fraction of sp³-hybridized carbons (Fsp3) is 0.500. The van der Waals surface area contributed by atoms with E-state index in [0.29, 0.717) is 5.92 Å². The van der Waals surface area contributed by atoms with Crippen molar-refractivity contribution in [1.29, 1.82) is 0 Å². The van der Waals surface area contributed by atoms with Gasteiger partial charge in [0.1, 0.15) is 5.82 Å². The summed E-state index contributed by atoms with van der Waals surface area (Å²) in [7, 11) is 0. The van der Waals surface area contributed by atoms with Crippen LogP contribution in [0.4, 0.5) is 0 Å². The lowest BCUT2D eigenvalue weighted by Gasteiger charge is -2.21. The van der Waals surface area contributed by atoms with Crippen LogP contribution in [0.25, 0.3) is 10.7 Å². The molecule has 2 aromatic heterocycles. The van der Waals surface area contributed by atoms with Crippen LogP contribution in [0.3, 0.4) is 0 Å². The molecule has 1 fully saturated rings. The predicted octanol–water partition coefficient (Wildman–Crippen LogP) is 2.08. The first kappa shape index (κ1) is 10.9. The number of aromatic nitrogens is 3. The van der Waals surface area contributed by atoms with Crippen LogP contribution in [0.2, 0.25) is 0 Å². The molecule has 3 heterocycles. The number of aromatic amines is 1. The highest BCUT2D eigenvalue weighted by Gasteiger charge is 2.16. The molecular formula is C12H16N4S. The van der Waals surface area contributed by atoms with Crippen LogP contribution < -0.4 is 5.32 Å².